The first-order chi connectivity index (χ1) is 12.1. The Bertz CT molecular complexity index is 1010. The zero-order chi connectivity index (χ0) is 17.6. The minimum atomic E-state index is -0.00795. The summed E-state index contributed by atoms with van der Waals surface area (Å²) in [5, 5.41) is 2.66. The molecule has 0 heterocycles. The van der Waals surface area contributed by atoms with Gasteiger partial charge in [-0.25, -0.2) is 0 Å². The molecule has 0 heteroatoms. The average Bonchev–Trinajstić information content (AvgIpc) is 2.92. The SMILES string of the molecule is C=C(C)C(=C)CC1(CC)c2ccccc2-c2c1ccc1ccccc21. The molecule has 0 nitrogen and oxygen atoms in total. The standard InChI is InChI=1S/C25H24/c1-5-25(16-18(4)17(2)3)22-13-9-8-12-21(22)24-20-11-7-6-10-19(20)14-15-23(24)25/h6-15H,2,4-5,16H2,1,3H3. The van der Waals surface area contributed by atoms with Crippen LogP contribution in [0.2, 0.25) is 0 Å². The zero-order valence-corrected chi connectivity index (χ0v) is 15.1. The molecule has 0 fully saturated rings. The fraction of sp³-hybridized carbons (Fsp3) is 0.200. The number of fused-ring (bicyclic) bond motifs is 5. The largest absolute Gasteiger partial charge is 0.0959 e. The van der Waals surface area contributed by atoms with E-state index in [1.54, 1.807) is 0 Å². The first kappa shape index (κ1) is 15.9. The van der Waals surface area contributed by atoms with Gasteiger partial charge in [0.25, 0.3) is 0 Å². The van der Waals surface area contributed by atoms with Gasteiger partial charge in [0.15, 0.2) is 0 Å². The Morgan fingerprint density at radius 2 is 1.60 bits per heavy atom. The summed E-state index contributed by atoms with van der Waals surface area (Å²) >= 11 is 0. The maximum absolute atomic E-state index is 4.32. The van der Waals surface area contributed by atoms with Crippen LogP contribution in [0, 0.1) is 0 Å². The lowest BCUT2D eigenvalue weighted by Crippen LogP contribution is -2.25. The molecule has 1 aliphatic rings. The van der Waals surface area contributed by atoms with Gasteiger partial charge in [-0.3, -0.25) is 0 Å². The molecule has 0 N–H and O–H groups in total. The van der Waals surface area contributed by atoms with E-state index < -0.39 is 0 Å². The van der Waals surface area contributed by atoms with E-state index in [1.807, 2.05) is 0 Å². The van der Waals surface area contributed by atoms with Crippen molar-refractivity contribution in [2.75, 3.05) is 0 Å². The van der Waals surface area contributed by atoms with Gasteiger partial charge >= 0.3 is 0 Å². The van der Waals surface area contributed by atoms with Crippen molar-refractivity contribution in [1.82, 2.24) is 0 Å². The Balaban J connectivity index is 2.07. The van der Waals surface area contributed by atoms with Gasteiger partial charge in [-0.2, -0.15) is 0 Å². The minimum Gasteiger partial charge on any atom is -0.0959 e. The van der Waals surface area contributed by atoms with Crippen LogP contribution in [-0.2, 0) is 5.41 Å². The molecule has 0 saturated carbocycles. The number of allylic oxidation sites excluding steroid dienone is 2. The first-order valence-corrected chi connectivity index (χ1v) is 9.04. The Hall–Kier alpha value is -2.60. The normalized spacial score (nSPS) is 18.0. The third kappa shape index (κ3) is 2.21. The quantitative estimate of drug-likeness (QED) is 0.451. The Morgan fingerprint density at radius 1 is 0.880 bits per heavy atom. The van der Waals surface area contributed by atoms with Gasteiger partial charge in [-0.1, -0.05) is 91.9 Å². The summed E-state index contributed by atoms with van der Waals surface area (Å²) in [4.78, 5) is 0. The molecule has 0 radical (unpaired) electrons. The molecule has 0 bridgehead atoms. The zero-order valence-electron chi connectivity index (χ0n) is 15.1. The van der Waals surface area contributed by atoms with Gasteiger partial charge in [-0.15, -0.1) is 0 Å². The molecular weight excluding hydrogens is 300 g/mol. The maximum atomic E-state index is 4.32. The molecule has 3 aromatic rings. The molecule has 0 saturated heterocycles. The third-order valence-corrected chi connectivity index (χ3v) is 5.88. The molecule has 3 aromatic carbocycles. The third-order valence-electron chi connectivity index (χ3n) is 5.88. The second kappa shape index (κ2) is 5.74. The van der Waals surface area contributed by atoms with Crippen LogP contribution in [0.25, 0.3) is 21.9 Å². The van der Waals surface area contributed by atoms with Gasteiger partial charge in [-0.05, 0) is 52.8 Å². The monoisotopic (exact) mass is 324 g/mol. The molecule has 124 valence electrons. The van der Waals surface area contributed by atoms with E-state index in [0.29, 0.717) is 0 Å². The smallest absolute Gasteiger partial charge is 0.0252 e. The summed E-state index contributed by atoms with van der Waals surface area (Å²) in [5.74, 6) is 0. The van der Waals surface area contributed by atoms with Crippen LogP contribution >= 0.6 is 0 Å². The van der Waals surface area contributed by atoms with Crippen molar-refractivity contribution in [3.8, 4) is 11.1 Å². The number of hydrogen-bond donors (Lipinski definition) is 0. The Kier molecular flexibility index (Phi) is 3.65. The summed E-state index contributed by atoms with van der Waals surface area (Å²) in [6.07, 6.45) is 1.99. The van der Waals surface area contributed by atoms with Crippen LogP contribution in [0.4, 0.5) is 0 Å². The van der Waals surface area contributed by atoms with Crippen molar-refractivity contribution in [3.63, 3.8) is 0 Å². The Labute approximate surface area is 150 Å². The van der Waals surface area contributed by atoms with E-state index in [4.69, 9.17) is 0 Å². The lowest BCUT2D eigenvalue weighted by Gasteiger charge is -2.32. The maximum Gasteiger partial charge on any atom is 0.0252 e. The molecule has 0 aromatic heterocycles. The second-order valence-electron chi connectivity index (χ2n) is 7.25. The van der Waals surface area contributed by atoms with Crippen molar-refractivity contribution in [1.29, 1.82) is 0 Å². The van der Waals surface area contributed by atoms with Crippen molar-refractivity contribution in [3.05, 3.63) is 96.1 Å². The van der Waals surface area contributed by atoms with Crippen LogP contribution in [0.15, 0.2) is 85.0 Å². The van der Waals surface area contributed by atoms with E-state index in [-0.39, 0.29) is 5.41 Å². The highest BCUT2D eigenvalue weighted by Gasteiger charge is 2.42. The van der Waals surface area contributed by atoms with Crippen molar-refractivity contribution < 1.29 is 0 Å². The highest BCUT2D eigenvalue weighted by molar-refractivity contribution is 6.02. The predicted molar refractivity (Wildman–Crippen MR) is 109 cm³/mol. The van der Waals surface area contributed by atoms with Crippen molar-refractivity contribution >= 4 is 10.8 Å². The van der Waals surface area contributed by atoms with Crippen LogP contribution in [0.5, 0.6) is 0 Å². The average molecular weight is 324 g/mol. The number of hydrogen-bond acceptors (Lipinski definition) is 0. The van der Waals surface area contributed by atoms with Gasteiger partial charge < -0.3 is 0 Å². The van der Waals surface area contributed by atoms with Gasteiger partial charge in [0.2, 0.25) is 0 Å². The number of benzene rings is 3. The summed E-state index contributed by atoms with van der Waals surface area (Å²) in [6, 6.07) is 22.2. The van der Waals surface area contributed by atoms with Gasteiger partial charge in [0, 0.05) is 5.41 Å². The van der Waals surface area contributed by atoms with Crippen molar-refractivity contribution in [2.45, 2.75) is 32.1 Å². The highest BCUT2D eigenvalue weighted by Crippen LogP contribution is 2.55. The van der Waals surface area contributed by atoms with E-state index in [2.05, 4.69) is 87.7 Å². The van der Waals surface area contributed by atoms with E-state index in [1.165, 1.54) is 33.0 Å². The fourth-order valence-electron chi connectivity index (χ4n) is 4.44. The van der Waals surface area contributed by atoms with Crippen LogP contribution in [-0.4, -0.2) is 0 Å². The highest BCUT2D eigenvalue weighted by atomic mass is 14.4. The summed E-state index contributed by atoms with van der Waals surface area (Å²) in [7, 11) is 0. The van der Waals surface area contributed by atoms with Gasteiger partial charge in [0.05, 0.1) is 0 Å². The summed E-state index contributed by atoms with van der Waals surface area (Å²) < 4.78 is 0. The fourth-order valence-corrected chi connectivity index (χ4v) is 4.44. The second-order valence-corrected chi connectivity index (χ2v) is 7.25. The molecule has 1 unspecified atom stereocenters. The molecular formula is C25H24. The number of rotatable bonds is 4. The predicted octanol–water partition coefficient (Wildman–Crippen LogP) is 7.04. The first-order valence-electron chi connectivity index (χ1n) is 9.04. The molecule has 1 atom stereocenters. The molecule has 4 rings (SSSR count). The molecule has 1 aliphatic carbocycles. The van der Waals surface area contributed by atoms with E-state index in [0.717, 1.165) is 24.0 Å². The summed E-state index contributed by atoms with van der Waals surface area (Å²) in [6.45, 7) is 12.8. The molecule has 0 aliphatic heterocycles. The van der Waals surface area contributed by atoms with E-state index >= 15 is 0 Å². The summed E-state index contributed by atoms with van der Waals surface area (Å²) in [5.41, 5.74) is 7.89. The Morgan fingerprint density at radius 3 is 2.36 bits per heavy atom. The lowest BCUT2D eigenvalue weighted by atomic mass is 9.71. The minimum absolute atomic E-state index is 0.00795. The molecule has 25 heavy (non-hydrogen) atoms. The van der Waals surface area contributed by atoms with E-state index in [9.17, 15) is 0 Å². The molecule has 0 spiro atoms. The topological polar surface area (TPSA) is 0 Å². The van der Waals surface area contributed by atoms with Crippen molar-refractivity contribution in [2.24, 2.45) is 0 Å². The van der Waals surface area contributed by atoms with Crippen LogP contribution < -0.4 is 0 Å². The molecule has 0 amide bonds. The van der Waals surface area contributed by atoms with Gasteiger partial charge in [0.1, 0.15) is 0 Å². The van der Waals surface area contributed by atoms with Crippen LogP contribution in [0.3, 0.4) is 0 Å². The van der Waals surface area contributed by atoms with Crippen LogP contribution in [0.1, 0.15) is 37.8 Å². The lowest BCUT2D eigenvalue weighted by molar-refractivity contribution is 0.505.